The van der Waals surface area contributed by atoms with Crippen molar-refractivity contribution in [3.63, 3.8) is 0 Å². The first-order valence-electron chi connectivity index (χ1n) is 4.95. The Balaban J connectivity index is 0.000000845. The summed E-state index contributed by atoms with van der Waals surface area (Å²) in [5, 5.41) is 3.32. The van der Waals surface area contributed by atoms with E-state index in [0.717, 1.165) is 32.5 Å². The molecule has 0 aromatic rings. The van der Waals surface area contributed by atoms with Crippen molar-refractivity contribution in [2.24, 2.45) is 0 Å². The van der Waals surface area contributed by atoms with Gasteiger partial charge in [-0.2, -0.15) is 0 Å². The second-order valence-electron chi connectivity index (χ2n) is 3.88. The molecule has 1 N–H and O–H groups in total. The van der Waals surface area contributed by atoms with Crippen LogP contribution in [0.2, 0.25) is 0 Å². The number of alkyl halides is 1. The highest BCUT2D eigenvalue weighted by atomic mass is 35.5. The van der Waals surface area contributed by atoms with Gasteiger partial charge in [-0.15, -0.1) is 12.4 Å². The zero-order valence-electron chi connectivity index (χ0n) is 7.84. The molecule has 0 aliphatic carbocycles. The van der Waals surface area contributed by atoms with Gasteiger partial charge in [-0.05, 0) is 32.4 Å². The summed E-state index contributed by atoms with van der Waals surface area (Å²) in [6.45, 7) is 3.95. The summed E-state index contributed by atoms with van der Waals surface area (Å²) in [4.78, 5) is 2.31. The number of hydrogen-bond donors (Lipinski definition) is 1. The molecule has 78 valence electrons. The Labute approximate surface area is 85.3 Å². The normalized spacial score (nSPS) is 35.8. The van der Waals surface area contributed by atoms with Gasteiger partial charge in [-0.25, -0.2) is 4.39 Å². The van der Waals surface area contributed by atoms with E-state index in [9.17, 15) is 4.39 Å². The Morgan fingerprint density at radius 1 is 1.31 bits per heavy atom. The molecule has 0 amide bonds. The van der Waals surface area contributed by atoms with Gasteiger partial charge >= 0.3 is 0 Å². The van der Waals surface area contributed by atoms with Crippen LogP contribution in [0.25, 0.3) is 0 Å². The molecule has 0 aromatic heterocycles. The number of nitrogens with one attached hydrogen (secondary N) is 1. The van der Waals surface area contributed by atoms with Gasteiger partial charge in [0.05, 0.1) is 0 Å². The van der Waals surface area contributed by atoms with E-state index >= 15 is 0 Å². The van der Waals surface area contributed by atoms with Crippen LogP contribution in [0.5, 0.6) is 0 Å². The second-order valence-corrected chi connectivity index (χ2v) is 3.88. The molecular weight excluding hydrogens is 191 g/mol. The molecule has 0 aromatic carbocycles. The number of halogens is 2. The van der Waals surface area contributed by atoms with Gasteiger partial charge in [0.15, 0.2) is 0 Å². The Bertz CT molecular complexity index is 151. The summed E-state index contributed by atoms with van der Waals surface area (Å²) in [6.07, 6.45) is 2.44. The lowest BCUT2D eigenvalue weighted by atomic mass is 10.1. The maximum atomic E-state index is 13.0. The monoisotopic (exact) mass is 208 g/mol. The first kappa shape index (κ1) is 11.2. The molecule has 2 aliphatic heterocycles. The largest absolute Gasteiger partial charge is 0.315 e. The molecular formula is C9H18ClFN2. The first-order valence-corrected chi connectivity index (χ1v) is 4.95. The quantitative estimate of drug-likeness (QED) is 0.697. The lowest BCUT2D eigenvalue weighted by Crippen LogP contribution is -2.44. The van der Waals surface area contributed by atoms with Crippen molar-refractivity contribution in [3.05, 3.63) is 0 Å². The summed E-state index contributed by atoms with van der Waals surface area (Å²) in [5.41, 5.74) is 0. The second kappa shape index (κ2) is 5.13. The molecule has 0 radical (unpaired) electrons. The highest BCUT2D eigenvalue weighted by Crippen LogP contribution is 2.18. The molecule has 2 atom stereocenters. The van der Waals surface area contributed by atoms with Crippen molar-refractivity contribution in [1.29, 1.82) is 0 Å². The standard InChI is InChI=1S/C9H17FN2.ClH/c10-8-2-1-5-12(7-8)9-3-4-11-6-9;/h8-9,11H,1-7H2;1H. The number of hydrogen-bond acceptors (Lipinski definition) is 2. The van der Waals surface area contributed by atoms with Crippen LogP contribution < -0.4 is 5.32 Å². The summed E-state index contributed by atoms with van der Waals surface area (Å²) in [5.74, 6) is 0. The van der Waals surface area contributed by atoms with E-state index in [4.69, 9.17) is 0 Å². The van der Waals surface area contributed by atoms with Gasteiger partial charge in [0.2, 0.25) is 0 Å². The Morgan fingerprint density at radius 2 is 2.15 bits per heavy atom. The topological polar surface area (TPSA) is 15.3 Å². The number of rotatable bonds is 1. The van der Waals surface area contributed by atoms with Crippen molar-refractivity contribution >= 4 is 12.4 Å². The fourth-order valence-corrected chi connectivity index (χ4v) is 2.24. The molecule has 2 aliphatic rings. The third-order valence-corrected chi connectivity index (χ3v) is 2.95. The van der Waals surface area contributed by atoms with Gasteiger partial charge < -0.3 is 5.32 Å². The van der Waals surface area contributed by atoms with Crippen LogP contribution in [0.3, 0.4) is 0 Å². The lowest BCUT2D eigenvalue weighted by molar-refractivity contribution is 0.106. The minimum Gasteiger partial charge on any atom is -0.315 e. The van der Waals surface area contributed by atoms with Crippen LogP contribution in [0, 0.1) is 0 Å². The Hall–Kier alpha value is 0.140. The molecule has 13 heavy (non-hydrogen) atoms. The molecule has 2 fully saturated rings. The fourth-order valence-electron chi connectivity index (χ4n) is 2.24. The zero-order chi connectivity index (χ0) is 8.39. The number of nitrogens with zero attached hydrogens (tertiary/aromatic N) is 1. The minimum atomic E-state index is -0.570. The van der Waals surface area contributed by atoms with Gasteiger partial charge in [0.25, 0.3) is 0 Å². The third-order valence-electron chi connectivity index (χ3n) is 2.95. The van der Waals surface area contributed by atoms with Crippen LogP contribution in [0.1, 0.15) is 19.3 Å². The summed E-state index contributed by atoms with van der Waals surface area (Å²) >= 11 is 0. The highest BCUT2D eigenvalue weighted by Gasteiger charge is 2.27. The van der Waals surface area contributed by atoms with E-state index in [1.165, 1.54) is 6.42 Å². The lowest BCUT2D eigenvalue weighted by Gasteiger charge is -2.33. The van der Waals surface area contributed by atoms with E-state index in [1.807, 2.05) is 0 Å². The molecule has 0 bridgehead atoms. The predicted molar refractivity (Wildman–Crippen MR) is 54.2 cm³/mol. The molecule has 2 heterocycles. The molecule has 4 heteroatoms. The van der Waals surface area contributed by atoms with E-state index in [0.29, 0.717) is 12.6 Å². The molecule has 0 saturated carbocycles. The molecule has 2 nitrogen and oxygen atoms in total. The van der Waals surface area contributed by atoms with E-state index in [-0.39, 0.29) is 12.4 Å². The van der Waals surface area contributed by atoms with Crippen LogP contribution in [-0.2, 0) is 0 Å². The third kappa shape index (κ3) is 2.79. The van der Waals surface area contributed by atoms with Crippen LogP contribution in [0.4, 0.5) is 4.39 Å². The van der Waals surface area contributed by atoms with E-state index in [2.05, 4.69) is 10.2 Å². The van der Waals surface area contributed by atoms with Gasteiger partial charge in [-0.1, -0.05) is 0 Å². The van der Waals surface area contributed by atoms with Crippen molar-refractivity contribution in [1.82, 2.24) is 10.2 Å². The Morgan fingerprint density at radius 3 is 2.77 bits per heavy atom. The van der Waals surface area contributed by atoms with Crippen molar-refractivity contribution in [2.45, 2.75) is 31.5 Å². The highest BCUT2D eigenvalue weighted by molar-refractivity contribution is 5.85. The summed E-state index contributed by atoms with van der Waals surface area (Å²) in [7, 11) is 0. The Kier molecular flexibility index (Phi) is 4.42. The maximum absolute atomic E-state index is 13.0. The smallest absolute Gasteiger partial charge is 0.113 e. The number of piperidine rings is 1. The van der Waals surface area contributed by atoms with Crippen molar-refractivity contribution in [2.75, 3.05) is 26.2 Å². The molecule has 2 unspecified atom stereocenters. The van der Waals surface area contributed by atoms with Crippen LogP contribution in [-0.4, -0.2) is 43.3 Å². The van der Waals surface area contributed by atoms with Gasteiger partial charge in [-0.3, -0.25) is 4.90 Å². The van der Waals surface area contributed by atoms with Crippen LogP contribution >= 0.6 is 12.4 Å². The summed E-state index contributed by atoms with van der Waals surface area (Å²) in [6, 6.07) is 0.614. The van der Waals surface area contributed by atoms with E-state index < -0.39 is 6.17 Å². The first-order chi connectivity index (χ1) is 5.86. The number of likely N-dealkylation sites (tertiary alicyclic amines) is 1. The van der Waals surface area contributed by atoms with Gasteiger partial charge in [0.1, 0.15) is 6.17 Å². The zero-order valence-corrected chi connectivity index (χ0v) is 8.65. The average Bonchev–Trinajstić information content (AvgIpc) is 2.56. The predicted octanol–water partition coefficient (Wildman–Crippen LogP) is 1.20. The summed E-state index contributed by atoms with van der Waals surface area (Å²) < 4.78 is 13.0. The molecule has 0 spiro atoms. The van der Waals surface area contributed by atoms with Gasteiger partial charge in [0, 0.05) is 19.1 Å². The fraction of sp³-hybridized carbons (Fsp3) is 1.00. The minimum absolute atomic E-state index is 0. The van der Waals surface area contributed by atoms with E-state index in [1.54, 1.807) is 0 Å². The van der Waals surface area contributed by atoms with Crippen LogP contribution in [0.15, 0.2) is 0 Å². The molecule has 2 saturated heterocycles. The maximum Gasteiger partial charge on any atom is 0.113 e. The van der Waals surface area contributed by atoms with Crippen molar-refractivity contribution in [3.8, 4) is 0 Å². The average molecular weight is 209 g/mol. The van der Waals surface area contributed by atoms with Crippen molar-refractivity contribution < 1.29 is 4.39 Å². The molecule has 2 rings (SSSR count). The SMILES string of the molecule is Cl.FC1CCCN(C2CCNC2)C1.